The number of nitrogens with zero attached hydrogens (tertiary/aromatic N) is 5. The molecule has 6 rings (SSSR count). The highest BCUT2D eigenvalue weighted by molar-refractivity contribution is 6.01. The highest BCUT2D eigenvalue weighted by Gasteiger charge is 2.37. The van der Waals surface area contributed by atoms with Gasteiger partial charge in [0.05, 0.1) is 0 Å². The van der Waals surface area contributed by atoms with Gasteiger partial charge in [-0.2, -0.15) is 4.80 Å². The summed E-state index contributed by atoms with van der Waals surface area (Å²) < 4.78 is 23.0. The Morgan fingerprint density at radius 2 is 1.73 bits per heavy atom. The van der Waals surface area contributed by atoms with Crippen molar-refractivity contribution in [1.29, 1.82) is 0 Å². The molecule has 41 heavy (non-hydrogen) atoms. The van der Waals surface area contributed by atoms with Crippen LogP contribution < -0.4 is 19.7 Å². The van der Waals surface area contributed by atoms with Crippen molar-refractivity contribution >= 4 is 17.5 Å². The zero-order chi connectivity index (χ0) is 28.3. The number of fused-ring (bicyclic) bond motifs is 1. The average Bonchev–Trinajstić information content (AvgIpc) is 3.73. The van der Waals surface area contributed by atoms with Crippen LogP contribution in [0.3, 0.4) is 0 Å². The molecule has 4 aromatic rings. The van der Waals surface area contributed by atoms with E-state index in [0.717, 1.165) is 32.1 Å². The number of tetrazole rings is 1. The molecule has 0 spiro atoms. The number of benzene rings is 1. The predicted octanol–water partition coefficient (Wildman–Crippen LogP) is 4.14. The Balaban J connectivity index is 1.36. The minimum absolute atomic E-state index is 0.0309. The van der Waals surface area contributed by atoms with Crippen LogP contribution in [0.2, 0.25) is 0 Å². The van der Waals surface area contributed by atoms with Crippen LogP contribution in [-0.2, 0) is 16.1 Å². The monoisotopic (exact) mass is 560 g/mol. The lowest BCUT2D eigenvalue weighted by Crippen LogP contribution is -2.48. The number of carbonyl (C=O) groups excluding carboxylic acids is 2. The Kier molecular flexibility index (Phi) is 7.45. The Morgan fingerprint density at radius 1 is 0.976 bits per heavy atom. The van der Waals surface area contributed by atoms with E-state index in [1.807, 2.05) is 6.92 Å². The summed E-state index contributed by atoms with van der Waals surface area (Å²) in [4.78, 5) is 30.7. The third-order valence-corrected chi connectivity index (χ3v) is 7.25. The highest BCUT2D eigenvalue weighted by Crippen LogP contribution is 2.38. The summed E-state index contributed by atoms with van der Waals surface area (Å²) in [6.45, 7) is 4.15. The van der Waals surface area contributed by atoms with Gasteiger partial charge in [0.15, 0.2) is 23.3 Å². The van der Waals surface area contributed by atoms with Gasteiger partial charge in [0, 0.05) is 17.8 Å². The molecule has 3 aromatic heterocycles. The van der Waals surface area contributed by atoms with Crippen LogP contribution in [0.25, 0.3) is 11.6 Å². The third-order valence-electron chi connectivity index (χ3n) is 7.25. The second kappa shape index (κ2) is 11.5. The highest BCUT2D eigenvalue weighted by atomic mass is 16.6. The standard InChI is InChI=1S/C29H32N6O6/c1-18-8-11-23(40-18)27(29(37)30-20-6-4-3-5-7-20)35(21-10-13-22-25(16-21)39-15-14-38-22)26(36)17-34-32-28(31-33-34)24-12-9-19(2)41-24/h8-13,16,20,27H,3-7,14-15,17H2,1-2H3,(H,30,37)/t27-/m0/s1. The first-order valence-electron chi connectivity index (χ1n) is 13.9. The van der Waals surface area contributed by atoms with E-state index in [0.29, 0.717) is 53.4 Å². The van der Waals surface area contributed by atoms with Crippen LogP contribution >= 0.6 is 0 Å². The number of furan rings is 2. The van der Waals surface area contributed by atoms with Gasteiger partial charge in [-0.25, -0.2) is 0 Å². The number of hydrogen-bond acceptors (Lipinski definition) is 9. The molecule has 1 aliphatic carbocycles. The summed E-state index contributed by atoms with van der Waals surface area (Å²) in [5, 5.41) is 15.6. The third kappa shape index (κ3) is 5.81. The van der Waals surface area contributed by atoms with Crippen molar-refractivity contribution in [3.63, 3.8) is 0 Å². The Morgan fingerprint density at radius 3 is 2.46 bits per heavy atom. The molecule has 1 atom stereocenters. The van der Waals surface area contributed by atoms with Gasteiger partial charge in [-0.1, -0.05) is 19.3 Å². The normalized spacial score (nSPS) is 15.9. The van der Waals surface area contributed by atoms with Crippen LogP contribution in [-0.4, -0.2) is 51.3 Å². The summed E-state index contributed by atoms with van der Waals surface area (Å²) in [6.07, 6.45) is 5.04. The van der Waals surface area contributed by atoms with Gasteiger partial charge in [0.2, 0.25) is 5.82 Å². The van der Waals surface area contributed by atoms with Gasteiger partial charge >= 0.3 is 0 Å². The fourth-order valence-electron chi connectivity index (χ4n) is 5.28. The first-order valence-corrected chi connectivity index (χ1v) is 13.9. The molecule has 1 fully saturated rings. The molecular weight excluding hydrogens is 528 g/mol. The topological polar surface area (TPSA) is 138 Å². The van der Waals surface area contributed by atoms with Crippen LogP contribution in [0.4, 0.5) is 5.69 Å². The fraction of sp³-hybridized carbons (Fsp3) is 0.414. The number of anilines is 1. The lowest BCUT2D eigenvalue weighted by atomic mass is 9.95. The van der Waals surface area contributed by atoms with E-state index < -0.39 is 11.9 Å². The number of amides is 2. The number of ether oxygens (including phenoxy) is 2. The second-order valence-corrected chi connectivity index (χ2v) is 10.3. The molecule has 4 heterocycles. The van der Waals surface area contributed by atoms with Crippen LogP contribution in [0, 0.1) is 13.8 Å². The SMILES string of the molecule is Cc1ccc(-c2nnn(CC(=O)N(c3ccc4c(c3)OCCO4)[C@H](C(=O)NC3CCCCC3)c3ccc(C)o3)n2)o1. The minimum Gasteiger partial charge on any atom is -0.486 e. The molecule has 0 unspecified atom stereocenters. The zero-order valence-electron chi connectivity index (χ0n) is 23.0. The Labute approximate surface area is 236 Å². The summed E-state index contributed by atoms with van der Waals surface area (Å²) in [5.41, 5.74) is 0.444. The molecule has 0 radical (unpaired) electrons. The number of nitrogens with one attached hydrogen (secondary N) is 1. The van der Waals surface area contributed by atoms with Crippen molar-refractivity contribution in [2.75, 3.05) is 18.1 Å². The number of rotatable bonds is 8. The lowest BCUT2D eigenvalue weighted by Gasteiger charge is -2.32. The summed E-state index contributed by atoms with van der Waals surface area (Å²) >= 11 is 0. The Bertz CT molecular complexity index is 1530. The smallest absolute Gasteiger partial charge is 0.251 e. The van der Waals surface area contributed by atoms with Gasteiger partial charge in [-0.15, -0.1) is 10.2 Å². The lowest BCUT2D eigenvalue weighted by molar-refractivity contribution is -0.128. The number of aromatic nitrogens is 4. The maximum absolute atomic E-state index is 14.1. The van der Waals surface area contributed by atoms with E-state index in [1.165, 1.54) is 9.70 Å². The zero-order valence-corrected chi connectivity index (χ0v) is 23.0. The van der Waals surface area contributed by atoms with E-state index in [-0.39, 0.29) is 24.3 Å². The van der Waals surface area contributed by atoms with E-state index in [4.69, 9.17) is 18.3 Å². The van der Waals surface area contributed by atoms with E-state index in [9.17, 15) is 9.59 Å². The minimum atomic E-state index is -1.09. The first-order chi connectivity index (χ1) is 19.9. The summed E-state index contributed by atoms with van der Waals surface area (Å²) in [7, 11) is 0. The van der Waals surface area contributed by atoms with Crippen molar-refractivity contribution in [2.24, 2.45) is 0 Å². The average molecular weight is 561 g/mol. The maximum atomic E-state index is 14.1. The largest absolute Gasteiger partial charge is 0.486 e. The Hall–Kier alpha value is -4.61. The molecule has 2 aliphatic rings. The quantitative estimate of drug-likeness (QED) is 0.337. The van der Waals surface area contributed by atoms with Crippen molar-refractivity contribution in [3.8, 4) is 23.1 Å². The molecular formula is C29H32N6O6. The van der Waals surface area contributed by atoms with Crippen LogP contribution in [0.1, 0.15) is 55.4 Å². The molecule has 214 valence electrons. The van der Waals surface area contributed by atoms with E-state index in [1.54, 1.807) is 49.4 Å². The molecule has 0 saturated heterocycles. The van der Waals surface area contributed by atoms with Crippen molar-refractivity contribution in [1.82, 2.24) is 25.5 Å². The first kappa shape index (κ1) is 26.6. The molecule has 1 N–H and O–H groups in total. The van der Waals surface area contributed by atoms with Crippen molar-refractivity contribution in [2.45, 2.75) is 64.6 Å². The van der Waals surface area contributed by atoms with Gasteiger partial charge in [0.25, 0.3) is 11.8 Å². The van der Waals surface area contributed by atoms with Crippen molar-refractivity contribution < 1.29 is 27.9 Å². The number of carbonyl (C=O) groups is 2. The molecule has 1 aliphatic heterocycles. The van der Waals surface area contributed by atoms with Gasteiger partial charge < -0.3 is 23.6 Å². The maximum Gasteiger partial charge on any atom is 0.251 e. The molecule has 0 bridgehead atoms. The summed E-state index contributed by atoms with van der Waals surface area (Å²) in [6, 6.07) is 11.2. The predicted molar refractivity (Wildman–Crippen MR) is 146 cm³/mol. The fourth-order valence-corrected chi connectivity index (χ4v) is 5.28. The van der Waals surface area contributed by atoms with Crippen LogP contribution in [0.5, 0.6) is 11.5 Å². The molecule has 12 heteroatoms. The van der Waals surface area contributed by atoms with Gasteiger partial charge in [-0.3, -0.25) is 14.5 Å². The van der Waals surface area contributed by atoms with Gasteiger partial charge in [-0.05, 0) is 68.3 Å². The van der Waals surface area contributed by atoms with E-state index >= 15 is 0 Å². The van der Waals surface area contributed by atoms with E-state index in [2.05, 4.69) is 20.7 Å². The van der Waals surface area contributed by atoms with Crippen molar-refractivity contribution in [3.05, 3.63) is 59.7 Å². The molecule has 2 amide bonds. The number of hydrogen-bond donors (Lipinski definition) is 1. The summed E-state index contributed by atoms with van der Waals surface area (Å²) in [5.74, 6) is 2.66. The van der Waals surface area contributed by atoms with Gasteiger partial charge in [0.1, 0.15) is 37.0 Å². The number of aryl methyl sites for hydroxylation is 2. The molecule has 12 nitrogen and oxygen atoms in total. The molecule has 1 aromatic carbocycles. The van der Waals surface area contributed by atoms with Crippen LogP contribution in [0.15, 0.2) is 51.3 Å². The molecule has 1 saturated carbocycles. The second-order valence-electron chi connectivity index (χ2n) is 10.3.